The topological polar surface area (TPSA) is 17.1 Å². The van der Waals surface area contributed by atoms with E-state index in [0.717, 1.165) is 5.92 Å². The van der Waals surface area contributed by atoms with Crippen molar-refractivity contribution in [2.45, 2.75) is 46.0 Å². The summed E-state index contributed by atoms with van der Waals surface area (Å²) in [7, 11) is 0. The predicted molar refractivity (Wildman–Crippen MR) is 55.6 cm³/mol. The fraction of sp³-hybridized carbons (Fsp3) is 0.750. The molecule has 0 aromatic rings. The molecule has 0 aliphatic heterocycles. The summed E-state index contributed by atoms with van der Waals surface area (Å²) in [5, 5.41) is 0. The summed E-state index contributed by atoms with van der Waals surface area (Å²) in [6.45, 7) is 3.85. The predicted octanol–water partition coefficient (Wildman–Crippen LogP) is 3.35. The maximum Gasteiger partial charge on any atom is 0.152 e. The highest BCUT2D eigenvalue weighted by Crippen LogP contribution is 2.30. The summed E-state index contributed by atoms with van der Waals surface area (Å²) in [4.78, 5) is 10.7. The van der Waals surface area contributed by atoms with Crippen LogP contribution in [-0.2, 0) is 4.79 Å². The van der Waals surface area contributed by atoms with Gasteiger partial charge in [0.25, 0.3) is 0 Å². The van der Waals surface area contributed by atoms with E-state index in [9.17, 15) is 4.79 Å². The van der Waals surface area contributed by atoms with Crippen molar-refractivity contribution in [1.82, 2.24) is 0 Å². The van der Waals surface area contributed by atoms with Crippen molar-refractivity contribution >= 4 is 5.78 Å². The number of rotatable bonds is 3. The van der Waals surface area contributed by atoms with Crippen LogP contribution in [0, 0.1) is 11.8 Å². The monoisotopic (exact) mass is 180 g/mol. The van der Waals surface area contributed by atoms with E-state index in [4.69, 9.17) is 0 Å². The Kier molecular flexibility index (Phi) is 4.20. The van der Waals surface area contributed by atoms with Gasteiger partial charge < -0.3 is 0 Å². The van der Waals surface area contributed by atoms with Gasteiger partial charge in [0.1, 0.15) is 0 Å². The second-order valence-corrected chi connectivity index (χ2v) is 4.23. The van der Waals surface area contributed by atoms with E-state index < -0.39 is 0 Å². The number of hydrogen-bond donors (Lipinski definition) is 0. The van der Waals surface area contributed by atoms with Crippen LogP contribution in [0.3, 0.4) is 0 Å². The Hall–Kier alpha value is -0.590. The van der Waals surface area contributed by atoms with Crippen LogP contribution in [0.25, 0.3) is 0 Å². The highest BCUT2D eigenvalue weighted by molar-refractivity contribution is 5.87. The van der Waals surface area contributed by atoms with Crippen LogP contribution < -0.4 is 0 Å². The van der Waals surface area contributed by atoms with Crippen LogP contribution in [0.5, 0.6) is 0 Å². The number of hydrogen-bond acceptors (Lipinski definition) is 1. The minimum Gasteiger partial charge on any atom is -0.295 e. The largest absolute Gasteiger partial charge is 0.295 e. The molecule has 1 fully saturated rings. The van der Waals surface area contributed by atoms with E-state index in [0.29, 0.717) is 5.92 Å². The van der Waals surface area contributed by atoms with E-state index in [1.807, 2.05) is 0 Å². The van der Waals surface area contributed by atoms with Crippen molar-refractivity contribution in [3.8, 4) is 0 Å². The Labute approximate surface area is 81.2 Å². The zero-order valence-corrected chi connectivity index (χ0v) is 8.75. The summed E-state index contributed by atoms with van der Waals surface area (Å²) in [5.74, 6) is 1.58. The van der Waals surface area contributed by atoms with Crippen molar-refractivity contribution in [3.05, 3.63) is 12.2 Å². The molecule has 0 spiro atoms. The lowest BCUT2D eigenvalue weighted by molar-refractivity contribution is -0.112. The smallest absolute Gasteiger partial charge is 0.152 e. The van der Waals surface area contributed by atoms with Gasteiger partial charge in [0.2, 0.25) is 0 Å². The summed E-state index contributed by atoms with van der Waals surface area (Å²) >= 11 is 0. The second-order valence-electron chi connectivity index (χ2n) is 4.23. The molecule has 0 amide bonds. The standard InChI is InChI=1S/C12H20O/c1-10(8-9-11(2)13)12-6-4-3-5-7-12/h8-10,12H,3-7H2,1-2H3/b9-8+. The Balaban J connectivity index is 2.36. The van der Waals surface area contributed by atoms with Crippen molar-refractivity contribution in [3.63, 3.8) is 0 Å². The normalized spacial score (nSPS) is 22.0. The van der Waals surface area contributed by atoms with Gasteiger partial charge in [0.15, 0.2) is 5.78 Å². The summed E-state index contributed by atoms with van der Waals surface area (Å²) in [5.41, 5.74) is 0. The molecule has 74 valence electrons. The average molecular weight is 180 g/mol. The van der Waals surface area contributed by atoms with Crippen LogP contribution in [0.15, 0.2) is 12.2 Å². The number of carbonyl (C=O) groups is 1. The molecular weight excluding hydrogens is 160 g/mol. The fourth-order valence-corrected chi connectivity index (χ4v) is 2.10. The van der Waals surface area contributed by atoms with Gasteiger partial charge in [-0.2, -0.15) is 0 Å². The molecule has 1 atom stereocenters. The molecule has 1 heteroatoms. The molecule has 0 aromatic carbocycles. The first-order valence-electron chi connectivity index (χ1n) is 5.39. The molecular formula is C12H20O. The number of allylic oxidation sites excluding steroid dienone is 2. The first kappa shape index (κ1) is 10.5. The van der Waals surface area contributed by atoms with Gasteiger partial charge in [-0.1, -0.05) is 32.3 Å². The van der Waals surface area contributed by atoms with E-state index >= 15 is 0 Å². The Morgan fingerprint density at radius 2 is 1.92 bits per heavy atom. The highest BCUT2D eigenvalue weighted by atomic mass is 16.1. The summed E-state index contributed by atoms with van der Waals surface area (Å²) < 4.78 is 0. The van der Waals surface area contributed by atoms with Gasteiger partial charge in [-0.3, -0.25) is 4.79 Å². The van der Waals surface area contributed by atoms with Gasteiger partial charge in [0, 0.05) is 0 Å². The Morgan fingerprint density at radius 3 is 2.46 bits per heavy atom. The van der Waals surface area contributed by atoms with Crippen molar-refractivity contribution in [1.29, 1.82) is 0 Å². The molecule has 0 bridgehead atoms. The Morgan fingerprint density at radius 1 is 1.31 bits per heavy atom. The van der Waals surface area contributed by atoms with Crippen LogP contribution in [0.4, 0.5) is 0 Å². The average Bonchev–Trinajstić information content (AvgIpc) is 2.15. The molecule has 1 rings (SSSR count). The van der Waals surface area contributed by atoms with E-state index in [1.54, 1.807) is 13.0 Å². The Bertz CT molecular complexity index is 187. The van der Waals surface area contributed by atoms with Gasteiger partial charge in [-0.05, 0) is 37.7 Å². The van der Waals surface area contributed by atoms with Crippen LogP contribution in [-0.4, -0.2) is 5.78 Å². The zero-order valence-electron chi connectivity index (χ0n) is 8.75. The molecule has 0 radical (unpaired) electrons. The van der Waals surface area contributed by atoms with E-state index in [1.165, 1.54) is 32.1 Å². The lowest BCUT2D eigenvalue weighted by atomic mass is 9.81. The van der Waals surface area contributed by atoms with Gasteiger partial charge in [-0.25, -0.2) is 0 Å². The SMILES string of the molecule is CC(=O)/C=C/C(C)C1CCCCC1. The molecule has 13 heavy (non-hydrogen) atoms. The second kappa shape index (κ2) is 5.21. The third-order valence-electron chi connectivity index (χ3n) is 3.03. The van der Waals surface area contributed by atoms with E-state index in [-0.39, 0.29) is 5.78 Å². The molecule has 1 nitrogen and oxygen atoms in total. The highest BCUT2D eigenvalue weighted by Gasteiger charge is 2.17. The van der Waals surface area contributed by atoms with E-state index in [2.05, 4.69) is 13.0 Å². The molecule has 1 saturated carbocycles. The van der Waals surface area contributed by atoms with Crippen LogP contribution in [0.2, 0.25) is 0 Å². The molecule has 1 unspecified atom stereocenters. The fourth-order valence-electron chi connectivity index (χ4n) is 2.10. The lowest BCUT2D eigenvalue weighted by Gasteiger charge is -2.25. The molecule has 1 aliphatic carbocycles. The molecule has 1 aliphatic rings. The van der Waals surface area contributed by atoms with Gasteiger partial charge >= 0.3 is 0 Å². The molecule has 0 heterocycles. The summed E-state index contributed by atoms with van der Waals surface area (Å²) in [6, 6.07) is 0. The van der Waals surface area contributed by atoms with Gasteiger partial charge in [0.05, 0.1) is 0 Å². The molecule has 0 aromatic heterocycles. The first-order valence-corrected chi connectivity index (χ1v) is 5.39. The maximum absolute atomic E-state index is 10.7. The van der Waals surface area contributed by atoms with Crippen molar-refractivity contribution < 1.29 is 4.79 Å². The lowest BCUT2D eigenvalue weighted by Crippen LogP contribution is -2.13. The number of carbonyl (C=O) groups excluding carboxylic acids is 1. The van der Waals surface area contributed by atoms with Crippen LogP contribution >= 0.6 is 0 Å². The van der Waals surface area contributed by atoms with Gasteiger partial charge in [-0.15, -0.1) is 0 Å². The minimum atomic E-state index is 0.169. The molecule has 0 saturated heterocycles. The molecule has 0 N–H and O–H groups in total. The van der Waals surface area contributed by atoms with Crippen molar-refractivity contribution in [2.24, 2.45) is 11.8 Å². The minimum absolute atomic E-state index is 0.169. The third kappa shape index (κ3) is 3.75. The van der Waals surface area contributed by atoms with Crippen LogP contribution in [0.1, 0.15) is 46.0 Å². The quantitative estimate of drug-likeness (QED) is 0.609. The third-order valence-corrected chi connectivity index (χ3v) is 3.03. The zero-order chi connectivity index (χ0) is 9.68. The maximum atomic E-state index is 10.7. The summed E-state index contributed by atoms with van der Waals surface area (Å²) in [6.07, 6.45) is 10.7. The number of ketones is 1. The van der Waals surface area contributed by atoms with Crippen molar-refractivity contribution in [2.75, 3.05) is 0 Å². The first-order chi connectivity index (χ1) is 6.20.